The molecule has 0 fully saturated rings. The van der Waals surface area contributed by atoms with Crippen molar-refractivity contribution in [2.24, 2.45) is 7.05 Å². The van der Waals surface area contributed by atoms with Crippen LogP contribution in [0, 0.1) is 0 Å². The Balaban J connectivity index is 2.96. The van der Waals surface area contributed by atoms with Crippen LogP contribution >= 0.6 is 0 Å². The minimum Gasteiger partial charge on any atom is -0.382 e. The van der Waals surface area contributed by atoms with E-state index in [9.17, 15) is 9.90 Å². The standard InChI is InChI=1S/C7H11N3O2/c1-7(12,3-4-11)6-9-8-5-10(6)2/h4-5,12H,3H2,1-2H3. The first-order valence-electron chi connectivity index (χ1n) is 3.58. The van der Waals surface area contributed by atoms with Gasteiger partial charge in [0.15, 0.2) is 5.82 Å². The fraction of sp³-hybridized carbons (Fsp3) is 0.571. The average molecular weight is 169 g/mol. The zero-order chi connectivity index (χ0) is 9.19. The van der Waals surface area contributed by atoms with Gasteiger partial charge in [-0.1, -0.05) is 0 Å². The molecule has 0 radical (unpaired) electrons. The van der Waals surface area contributed by atoms with Gasteiger partial charge in [-0.2, -0.15) is 0 Å². The summed E-state index contributed by atoms with van der Waals surface area (Å²) in [5.41, 5.74) is -1.22. The molecule has 12 heavy (non-hydrogen) atoms. The van der Waals surface area contributed by atoms with Crippen molar-refractivity contribution in [3.8, 4) is 0 Å². The zero-order valence-electron chi connectivity index (χ0n) is 7.06. The average Bonchev–Trinajstić information content (AvgIpc) is 2.35. The Morgan fingerprint density at radius 2 is 2.50 bits per heavy atom. The lowest BCUT2D eigenvalue weighted by atomic mass is 10.0. The molecule has 66 valence electrons. The molecule has 0 saturated heterocycles. The molecule has 1 unspecified atom stereocenters. The largest absolute Gasteiger partial charge is 0.382 e. The summed E-state index contributed by atoms with van der Waals surface area (Å²) in [6, 6.07) is 0. The molecule has 0 spiro atoms. The minimum atomic E-state index is -1.22. The highest BCUT2D eigenvalue weighted by atomic mass is 16.3. The summed E-state index contributed by atoms with van der Waals surface area (Å²) in [6.45, 7) is 1.53. The second kappa shape index (κ2) is 3.02. The molecule has 0 bridgehead atoms. The molecular weight excluding hydrogens is 158 g/mol. The third-order valence-corrected chi connectivity index (χ3v) is 1.67. The van der Waals surface area contributed by atoms with Gasteiger partial charge >= 0.3 is 0 Å². The Kier molecular flexibility index (Phi) is 2.23. The van der Waals surface area contributed by atoms with E-state index in [1.54, 1.807) is 11.6 Å². The summed E-state index contributed by atoms with van der Waals surface area (Å²) in [4.78, 5) is 10.2. The molecule has 5 heteroatoms. The van der Waals surface area contributed by atoms with Crippen LogP contribution in [0.5, 0.6) is 0 Å². The summed E-state index contributed by atoms with van der Waals surface area (Å²) >= 11 is 0. The van der Waals surface area contributed by atoms with E-state index in [0.717, 1.165) is 0 Å². The zero-order valence-corrected chi connectivity index (χ0v) is 7.06. The van der Waals surface area contributed by atoms with Crippen LogP contribution in [0.2, 0.25) is 0 Å². The number of aliphatic hydroxyl groups is 1. The van der Waals surface area contributed by atoms with Crippen molar-refractivity contribution in [1.29, 1.82) is 0 Å². The molecule has 0 aliphatic heterocycles. The number of aryl methyl sites for hydroxylation is 1. The fourth-order valence-electron chi connectivity index (χ4n) is 1.02. The van der Waals surface area contributed by atoms with E-state index in [4.69, 9.17) is 0 Å². The summed E-state index contributed by atoms with van der Waals surface area (Å²) in [5, 5.41) is 17.0. The van der Waals surface area contributed by atoms with Crippen molar-refractivity contribution in [3.63, 3.8) is 0 Å². The van der Waals surface area contributed by atoms with Gasteiger partial charge in [0.25, 0.3) is 0 Å². The molecule has 1 rings (SSSR count). The fourth-order valence-corrected chi connectivity index (χ4v) is 1.02. The highest BCUT2D eigenvalue weighted by Crippen LogP contribution is 2.19. The molecule has 0 saturated carbocycles. The number of carbonyl (C=O) groups excluding carboxylic acids is 1. The van der Waals surface area contributed by atoms with Gasteiger partial charge in [0.2, 0.25) is 0 Å². The summed E-state index contributed by atoms with van der Waals surface area (Å²) in [5.74, 6) is 0.398. The van der Waals surface area contributed by atoms with Crippen molar-refractivity contribution in [3.05, 3.63) is 12.2 Å². The molecule has 1 aromatic rings. The Hall–Kier alpha value is -1.23. The molecule has 0 aromatic carbocycles. The predicted molar refractivity (Wildman–Crippen MR) is 41.3 cm³/mol. The Morgan fingerprint density at radius 1 is 1.83 bits per heavy atom. The van der Waals surface area contributed by atoms with Gasteiger partial charge in [-0.25, -0.2) is 0 Å². The maximum Gasteiger partial charge on any atom is 0.164 e. The molecule has 5 nitrogen and oxygen atoms in total. The number of hydrogen-bond donors (Lipinski definition) is 1. The minimum absolute atomic E-state index is 0.0273. The molecule has 1 atom stereocenters. The molecule has 1 N–H and O–H groups in total. The van der Waals surface area contributed by atoms with E-state index >= 15 is 0 Å². The number of aldehydes is 1. The van der Waals surface area contributed by atoms with E-state index in [1.807, 2.05) is 0 Å². The van der Waals surface area contributed by atoms with Gasteiger partial charge in [-0.3, -0.25) is 0 Å². The number of aromatic nitrogens is 3. The van der Waals surface area contributed by atoms with Gasteiger partial charge in [-0.05, 0) is 6.92 Å². The van der Waals surface area contributed by atoms with Gasteiger partial charge in [-0.15, -0.1) is 10.2 Å². The van der Waals surface area contributed by atoms with E-state index in [-0.39, 0.29) is 6.42 Å². The van der Waals surface area contributed by atoms with Crippen LogP contribution in [-0.2, 0) is 17.4 Å². The molecule has 1 heterocycles. The highest BCUT2D eigenvalue weighted by molar-refractivity contribution is 5.51. The van der Waals surface area contributed by atoms with Gasteiger partial charge in [0, 0.05) is 13.5 Å². The third kappa shape index (κ3) is 1.50. The number of carbonyl (C=O) groups is 1. The third-order valence-electron chi connectivity index (χ3n) is 1.67. The van der Waals surface area contributed by atoms with Crippen molar-refractivity contribution >= 4 is 6.29 Å². The number of hydrogen-bond acceptors (Lipinski definition) is 4. The number of nitrogens with zero attached hydrogens (tertiary/aromatic N) is 3. The normalized spacial score (nSPS) is 15.6. The Bertz CT molecular complexity index is 280. The molecule has 1 aromatic heterocycles. The van der Waals surface area contributed by atoms with Crippen LogP contribution in [0.25, 0.3) is 0 Å². The topological polar surface area (TPSA) is 68.0 Å². The Morgan fingerprint density at radius 3 is 2.92 bits per heavy atom. The van der Waals surface area contributed by atoms with Gasteiger partial charge < -0.3 is 14.5 Å². The van der Waals surface area contributed by atoms with Crippen LogP contribution in [0.15, 0.2) is 6.33 Å². The van der Waals surface area contributed by atoms with Crippen molar-refractivity contribution in [2.45, 2.75) is 18.9 Å². The van der Waals surface area contributed by atoms with Crippen LogP contribution in [0.4, 0.5) is 0 Å². The molecule has 0 amide bonds. The monoisotopic (exact) mass is 169 g/mol. The molecular formula is C7H11N3O2. The predicted octanol–water partition coefficient (Wildman–Crippen LogP) is -0.388. The van der Waals surface area contributed by atoms with Crippen molar-refractivity contribution in [2.75, 3.05) is 0 Å². The van der Waals surface area contributed by atoms with Gasteiger partial charge in [0.05, 0.1) is 0 Å². The smallest absolute Gasteiger partial charge is 0.164 e. The van der Waals surface area contributed by atoms with Crippen LogP contribution < -0.4 is 0 Å². The van der Waals surface area contributed by atoms with E-state index in [2.05, 4.69) is 10.2 Å². The Labute approximate surface area is 70.0 Å². The summed E-state index contributed by atoms with van der Waals surface area (Å²) in [7, 11) is 1.72. The maximum absolute atomic E-state index is 10.2. The quantitative estimate of drug-likeness (QED) is 0.626. The van der Waals surface area contributed by atoms with Crippen molar-refractivity contribution < 1.29 is 9.90 Å². The second-order valence-corrected chi connectivity index (χ2v) is 2.91. The van der Waals surface area contributed by atoms with Crippen molar-refractivity contribution in [1.82, 2.24) is 14.8 Å². The van der Waals surface area contributed by atoms with Crippen LogP contribution in [-0.4, -0.2) is 26.2 Å². The first kappa shape index (κ1) is 8.86. The lowest BCUT2D eigenvalue weighted by molar-refractivity contribution is -0.112. The van der Waals surface area contributed by atoms with Crippen LogP contribution in [0.1, 0.15) is 19.2 Å². The number of rotatable bonds is 3. The SMILES string of the molecule is Cn1cnnc1C(C)(O)CC=O. The van der Waals surface area contributed by atoms with E-state index in [0.29, 0.717) is 12.1 Å². The second-order valence-electron chi connectivity index (χ2n) is 2.91. The first-order valence-corrected chi connectivity index (χ1v) is 3.58. The molecule has 0 aliphatic carbocycles. The highest BCUT2D eigenvalue weighted by Gasteiger charge is 2.27. The van der Waals surface area contributed by atoms with E-state index < -0.39 is 5.60 Å². The van der Waals surface area contributed by atoms with Crippen LogP contribution in [0.3, 0.4) is 0 Å². The van der Waals surface area contributed by atoms with E-state index in [1.165, 1.54) is 13.3 Å². The lowest BCUT2D eigenvalue weighted by Gasteiger charge is -2.18. The van der Waals surface area contributed by atoms with Gasteiger partial charge in [0.1, 0.15) is 18.2 Å². The summed E-state index contributed by atoms with van der Waals surface area (Å²) in [6.07, 6.45) is 2.17. The first-order chi connectivity index (χ1) is 5.58. The lowest BCUT2D eigenvalue weighted by Crippen LogP contribution is -2.25. The summed E-state index contributed by atoms with van der Waals surface area (Å²) < 4.78 is 1.59. The maximum atomic E-state index is 10.2. The molecule has 0 aliphatic rings.